The van der Waals surface area contributed by atoms with Crippen LogP contribution in [0.15, 0.2) is 30.3 Å². The number of ether oxygens (including phenoxy) is 1. The Morgan fingerprint density at radius 2 is 1.81 bits per heavy atom. The first-order valence-corrected chi connectivity index (χ1v) is 10.8. The molecule has 0 bridgehead atoms. The van der Waals surface area contributed by atoms with Crippen molar-refractivity contribution in [2.75, 3.05) is 12.3 Å². The highest BCUT2D eigenvalue weighted by atomic mass is 35.5. The fraction of sp³-hybridized carbons (Fsp3) is 0.350. The van der Waals surface area contributed by atoms with Crippen molar-refractivity contribution in [1.29, 1.82) is 0 Å². The molecular formula is C20H22Cl3NO2S. The number of thioether (sulfide) groups is 1. The molecule has 27 heavy (non-hydrogen) atoms. The lowest BCUT2D eigenvalue weighted by Gasteiger charge is -2.16. The van der Waals surface area contributed by atoms with E-state index in [1.165, 1.54) is 0 Å². The van der Waals surface area contributed by atoms with Gasteiger partial charge in [0.05, 0.1) is 0 Å². The molecule has 0 aliphatic carbocycles. The molecule has 0 saturated carbocycles. The molecular weight excluding hydrogens is 425 g/mol. The molecule has 3 nitrogen and oxygen atoms in total. The van der Waals surface area contributed by atoms with E-state index in [0.717, 1.165) is 33.2 Å². The maximum atomic E-state index is 12.2. The highest BCUT2D eigenvalue weighted by molar-refractivity contribution is 7.98. The van der Waals surface area contributed by atoms with Crippen LogP contribution in [0, 0.1) is 13.8 Å². The molecule has 2 aromatic rings. The first-order chi connectivity index (χ1) is 12.8. The number of carbonyl (C=O) groups is 1. The predicted octanol–water partition coefficient (Wildman–Crippen LogP) is 6.08. The second-order valence-electron chi connectivity index (χ2n) is 6.21. The van der Waals surface area contributed by atoms with Crippen molar-refractivity contribution in [3.63, 3.8) is 0 Å². The molecule has 7 heteroatoms. The zero-order valence-corrected chi connectivity index (χ0v) is 18.5. The number of nitrogens with one attached hydrogen (secondary N) is 1. The number of hydrogen-bond donors (Lipinski definition) is 1. The zero-order chi connectivity index (χ0) is 20.0. The topological polar surface area (TPSA) is 38.3 Å². The predicted molar refractivity (Wildman–Crippen MR) is 117 cm³/mol. The van der Waals surface area contributed by atoms with Crippen LogP contribution in [0.2, 0.25) is 15.1 Å². The normalized spacial score (nSPS) is 11.9. The maximum Gasteiger partial charge on any atom is 0.260 e. The van der Waals surface area contributed by atoms with E-state index in [1.807, 2.05) is 38.1 Å². The van der Waals surface area contributed by atoms with Crippen LogP contribution in [0.1, 0.15) is 23.6 Å². The van der Waals surface area contributed by atoms with Gasteiger partial charge in [-0.2, -0.15) is 11.8 Å². The van der Waals surface area contributed by atoms with Crippen molar-refractivity contribution in [1.82, 2.24) is 5.32 Å². The van der Waals surface area contributed by atoms with Gasteiger partial charge in [0, 0.05) is 33.1 Å². The Bertz CT molecular complexity index is 791. The van der Waals surface area contributed by atoms with Crippen LogP contribution in [0.5, 0.6) is 5.75 Å². The van der Waals surface area contributed by atoms with Gasteiger partial charge in [0.2, 0.25) is 0 Å². The van der Waals surface area contributed by atoms with Gasteiger partial charge in [0.25, 0.3) is 5.91 Å². The van der Waals surface area contributed by atoms with Gasteiger partial charge < -0.3 is 10.1 Å². The molecule has 0 saturated heterocycles. The third kappa shape index (κ3) is 6.79. The number of hydrogen-bond acceptors (Lipinski definition) is 3. The molecule has 0 heterocycles. The van der Waals surface area contributed by atoms with Crippen LogP contribution in [-0.2, 0) is 10.5 Å². The van der Waals surface area contributed by atoms with Crippen molar-refractivity contribution in [2.24, 2.45) is 0 Å². The van der Waals surface area contributed by atoms with Gasteiger partial charge in [0.1, 0.15) is 5.75 Å². The minimum Gasteiger partial charge on any atom is -0.481 e. The highest BCUT2D eigenvalue weighted by Crippen LogP contribution is 2.27. The third-order valence-corrected chi connectivity index (χ3v) is 6.10. The second-order valence-corrected chi connectivity index (χ2v) is 8.54. The third-order valence-electron chi connectivity index (χ3n) is 3.91. The molecule has 0 unspecified atom stereocenters. The second kappa shape index (κ2) is 10.5. The fourth-order valence-corrected chi connectivity index (χ4v) is 3.97. The largest absolute Gasteiger partial charge is 0.481 e. The first-order valence-electron chi connectivity index (χ1n) is 8.50. The summed E-state index contributed by atoms with van der Waals surface area (Å²) in [6.45, 7) is 6.12. The van der Waals surface area contributed by atoms with Crippen LogP contribution < -0.4 is 10.1 Å². The Labute approximate surface area is 179 Å². The molecule has 2 aromatic carbocycles. The van der Waals surface area contributed by atoms with E-state index in [4.69, 9.17) is 39.5 Å². The lowest BCUT2D eigenvalue weighted by atomic mass is 10.1. The summed E-state index contributed by atoms with van der Waals surface area (Å²) in [6.07, 6.45) is -0.583. The van der Waals surface area contributed by atoms with E-state index in [1.54, 1.807) is 24.8 Å². The lowest BCUT2D eigenvalue weighted by Crippen LogP contribution is -2.37. The molecule has 0 spiro atoms. The quantitative estimate of drug-likeness (QED) is 0.499. The summed E-state index contributed by atoms with van der Waals surface area (Å²) in [5.74, 6) is 2.03. The van der Waals surface area contributed by atoms with Crippen LogP contribution in [-0.4, -0.2) is 24.3 Å². The van der Waals surface area contributed by atoms with E-state index >= 15 is 0 Å². The number of rotatable bonds is 8. The molecule has 0 fully saturated rings. The monoisotopic (exact) mass is 445 g/mol. The van der Waals surface area contributed by atoms with Gasteiger partial charge in [0.15, 0.2) is 6.10 Å². The van der Waals surface area contributed by atoms with E-state index in [9.17, 15) is 4.79 Å². The summed E-state index contributed by atoms with van der Waals surface area (Å²) >= 11 is 19.9. The van der Waals surface area contributed by atoms with Crippen LogP contribution in [0.4, 0.5) is 0 Å². The van der Waals surface area contributed by atoms with Crippen LogP contribution in [0.25, 0.3) is 0 Å². The Morgan fingerprint density at radius 3 is 2.44 bits per heavy atom. The Kier molecular flexibility index (Phi) is 8.62. The number of carbonyl (C=O) groups excluding carboxylic acids is 1. The van der Waals surface area contributed by atoms with Gasteiger partial charge in [-0.25, -0.2) is 0 Å². The van der Waals surface area contributed by atoms with E-state index in [-0.39, 0.29) is 5.91 Å². The summed E-state index contributed by atoms with van der Waals surface area (Å²) < 4.78 is 5.74. The molecule has 1 amide bonds. The molecule has 0 aliphatic rings. The van der Waals surface area contributed by atoms with Gasteiger partial charge in [-0.05, 0) is 61.7 Å². The number of aryl methyl sites for hydroxylation is 2. The minimum absolute atomic E-state index is 0.148. The summed E-state index contributed by atoms with van der Waals surface area (Å²) in [5.41, 5.74) is 2.88. The zero-order valence-electron chi connectivity index (χ0n) is 15.4. The van der Waals surface area contributed by atoms with E-state index in [0.29, 0.717) is 22.3 Å². The van der Waals surface area contributed by atoms with Gasteiger partial charge in [-0.1, -0.05) is 40.9 Å². The van der Waals surface area contributed by atoms with Gasteiger partial charge in [-0.3, -0.25) is 4.79 Å². The summed E-state index contributed by atoms with van der Waals surface area (Å²) in [6, 6.07) is 9.15. The van der Waals surface area contributed by atoms with Crippen molar-refractivity contribution >= 4 is 52.5 Å². The number of amides is 1. The molecule has 0 aromatic heterocycles. The number of halogens is 3. The first kappa shape index (κ1) is 22.2. The fourth-order valence-electron chi connectivity index (χ4n) is 2.44. The Morgan fingerprint density at radius 1 is 1.15 bits per heavy atom. The molecule has 0 aliphatic heterocycles. The molecule has 1 atom stereocenters. The molecule has 0 radical (unpaired) electrons. The standard InChI is InChI=1S/C20H22Cl3NO2S/c1-12-8-17(9-13(2)19(12)23)26-14(3)20(25)24-6-7-27-11-15-4-5-16(21)10-18(15)22/h4-5,8-10,14H,6-7,11H2,1-3H3,(H,24,25)/t14-/m0/s1. The molecule has 1 N–H and O–H groups in total. The average Bonchev–Trinajstić information content (AvgIpc) is 2.60. The van der Waals surface area contributed by atoms with Crippen molar-refractivity contribution in [2.45, 2.75) is 32.6 Å². The minimum atomic E-state index is -0.583. The van der Waals surface area contributed by atoms with E-state index in [2.05, 4.69) is 5.32 Å². The number of benzene rings is 2. The smallest absolute Gasteiger partial charge is 0.260 e. The maximum absolute atomic E-state index is 12.2. The molecule has 2 rings (SSSR count). The Balaban J connectivity index is 1.73. The average molecular weight is 447 g/mol. The lowest BCUT2D eigenvalue weighted by molar-refractivity contribution is -0.127. The summed E-state index contributed by atoms with van der Waals surface area (Å²) in [7, 11) is 0. The van der Waals surface area contributed by atoms with Crippen LogP contribution >= 0.6 is 46.6 Å². The summed E-state index contributed by atoms with van der Waals surface area (Å²) in [5, 5.41) is 4.90. The molecule has 146 valence electrons. The SMILES string of the molecule is Cc1cc(O[C@@H](C)C(=O)NCCSCc2ccc(Cl)cc2Cl)cc(C)c1Cl. The Hall–Kier alpha value is -1.07. The van der Waals surface area contributed by atoms with Gasteiger partial charge in [-0.15, -0.1) is 0 Å². The van der Waals surface area contributed by atoms with Crippen LogP contribution in [0.3, 0.4) is 0 Å². The van der Waals surface area contributed by atoms with Gasteiger partial charge >= 0.3 is 0 Å². The highest BCUT2D eigenvalue weighted by Gasteiger charge is 2.15. The van der Waals surface area contributed by atoms with Crippen molar-refractivity contribution in [3.8, 4) is 5.75 Å². The van der Waals surface area contributed by atoms with Crippen molar-refractivity contribution in [3.05, 3.63) is 62.1 Å². The summed E-state index contributed by atoms with van der Waals surface area (Å²) in [4.78, 5) is 12.2. The van der Waals surface area contributed by atoms with Crippen molar-refractivity contribution < 1.29 is 9.53 Å². The van der Waals surface area contributed by atoms with E-state index < -0.39 is 6.10 Å².